The molecule has 0 amide bonds. The molecular formula is C10H9BrFN3O. The summed E-state index contributed by atoms with van der Waals surface area (Å²) >= 11 is 3.14. The lowest BCUT2D eigenvalue weighted by Crippen LogP contribution is -2.03. The Kier molecular flexibility index (Phi) is 3.19. The number of hydrogen-bond donors (Lipinski definition) is 1. The number of aryl methyl sites for hydroxylation is 1. The summed E-state index contributed by atoms with van der Waals surface area (Å²) in [5.41, 5.74) is 0.710. The van der Waals surface area contributed by atoms with Crippen LogP contribution in [0, 0.1) is 12.7 Å². The van der Waals surface area contributed by atoms with Crippen molar-refractivity contribution in [2.75, 3.05) is 5.32 Å². The van der Waals surface area contributed by atoms with Crippen LogP contribution in [-0.4, -0.2) is 10.1 Å². The highest BCUT2D eigenvalue weighted by Gasteiger charge is 2.05. The zero-order valence-electron chi connectivity index (χ0n) is 8.50. The second-order valence-corrected chi connectivity index (χ2v) is 4.18. The molecule has 2 aromatic rings. The molecule has 0 saturated heterocycles. The Balaban J connectivity index is 2.04. The van der Waals surface area contributed by atoms with Gasteiger partial charge in [-0.3, -0.25) is 0 Å². The number of halogens is 2. The molecule has 0 aliphatic heterocycles. The number of nitrogens with zero attached hydrogens (tertiary/aromatic N) is 2. The monoisotopic (exact) mass is 285 g/mol. The summed E-state index contributed by atoms with van der Waals surface area (Å²) in [6, 6.07) is 3.13. The van der Waals surface area contributed by atoms with Gasteiger partial charge in [0, 0.05) is 16.7 Å². The predicted molar refractivity (Wildman–Crippen MR) is 60.5 cm³/mol. The number of rotatable bonds is 3. The zero-order chi connectivity index (χ0) is 11.5. The number of pyridine rings is 1. The van der Waals surface area contributed by atoms with Crippen LogP contribution in [0.15, 0.2) is 27.3 Å². The van der Waals surface area contributed by atoms with Crippen molar-refractivity contribution in [1.82, 2.24) is 10.1 Å². The van der Waals surface area contributed by atoms with Crippen molar-refractivity contribution >= 4 is 21.7 Å². The minimum absolute atomic E-state index is 0.198. The van der Waals surface area contributed by atoms with Gasteiger partial charge < -0.3 is 9.84 Å². The molecule has 2 heterocycles. The quantitative estimate of drug-likeness (QED) is 0.942. The van der Waals surface area contributed by atoms with E-state index in [9.17, 15) is 4.39 Å². The average molecular weight is 286 g/mol. The van der Waals surface area contributed by atoms with Crippen LogP contribution in [0.1, 0.15) is 11.5 Å². The molecule has 0 aliphatic rings. The maximum atomic E-state index is 13.4. The fourth-order valence-electron chi connectivity index (χ4n) is 1.22. The molecule has 0 aromatic carbocycles. The first-order chi connectivity index (χ1) is 7.65. The van der Waals surface area contributed by atoms with Gasteiger partial charge in [0.1, 0.15) is 11.5 Å². The predicted octanol–water partition coefficient (Wildman–Crippen LogP) is 2.89. The van der Waals surface area contributed by atoms with Crippen molar-refractivity contribution in [2.45, 2.75) is 13.5 Å². The Bertz CT molecular complexity index is 501. The number of nitrogens with one attached hydrogen (secondary N) is 1. The molecular weight excluding hydrogens is 277 g/mol. The minimum atomic E-state index is -0.408. The molecule has 0 atom stereocenters. The lowest BCUT2D eigenvalue weighted by Gasteiger charge is -2.03. The fourth-order valence-corrected chi connectivity index (χ4v) is 1.52. The van der Waals surface area contributed by atoms with E-state index in [0.29, 0.717) is 16.7 Å². The molecule has 0 unspecified atom stereocenters. The maximum Gasteiger partial charge on any atom is 0.166 e. The second kappa shape index (κ2) is 4.61. The molecule has 4 nitrogen and oxygen atoms in total. The first-order valence-corrected chi connectivity index (χ1v) is 5.41. The lowest BCUT2D eigenvalue weighted by molar-refractivity contribution is 0.391. The van der Waals surface area contributed by atoms with Crippen LogP contribution in [0.3, 0.4) is 0 Å². The first kappa shape index (κ1) is 11.1. The molecule has 2 rings (SSSR count). The topological polar surface area (TPSA) is 51.0 Å². The summed E-state index contributed by atoms with van der Waals surface area (Å²) in [5, 5.41) is 6.62. The van der Waals surface area contributed by atoms with E-state index in [1.54, 1.807) is 13.0 Å². The van der Waals surface area contributed by atoms with Gasteiger partial charge in [0.25, 0.3) is 0 Å². The summed E-state index contributed by atoms with van der Waals surface area (Å²) in [5.74, 6) is 0.513. The van der Waals surface area contributed by atoms with Gasteiger partial charge in [-0.15, -0.1) is 0 Å². The van der Waals surface area contributed by atoms with Gasteiger partial charge >= 0.3 is 0 Å². The molecule has 0 radical (unpaired) electrons. The molecule has 84 valence electrons. The van der Waals surface area contributed by atoms with Crippen LogP contribution in [-0.2, 0) is 6.54 Å². The van der Waals surface area contributed by atoms with Gasteiger partial charge in [-0.2, -0.15) is 0 Å². The smallest absolute Gasteiger partial charge is 0.166 e. The fraction of sp³-hybridized carbons (Fsp3) is 0.200. The Labute approximate surface area is 100.0 Å². The van der Waals surface area contributed by atoms with E-state index in [2.05, 4.69) is 31.4 Å². The van der Waals surface area contributed by atoms with Crippen LogP contribution >= 0.6 is 15.9 Å². The summed E-state index contributed by atoms with van der Waals surface area (Å²) in [6.07, 6.45) is 1.53. The molecule has 0 spiro atoms. The molecule has 6 heteroatoms. The van der Waals surface area contributed by atoms with Crippen LogP contribution in [0.4, 0.5) is 10.2 Å². The summed E-state index contributed by atoms with van der Waals surface area (Å²) in [6.45, 7) is 2.18. The van der Waals surface area contributed by atoms with Gasteiger partial charge in [0.15, 0.2) is 11.6 Å². The van der Waals surface area contributed by atoms with E-state index in [1.807, 2.05) is 0 Å². The molecule has 2 aromatic heterocycles. The largest absolute Gasteiger partial charge is 0.362 e. The van der Waals surface area contributed by atoms with Gasteiger partial charge in [-0.1, -0.05) is 5.16 Å². The Hall–Kier alpha value is -1.43. The molecule has 0 aliphatic carbocycles. The minimum Gasteiger partial charge on any atom is -0.362 e. The maximum absolute atomic E-state index is 13.4. The second-order valence-electron chi connectivity index (χ2n) is 3.27. The first-order valence-electron chi connectivity index (χ1n) is 4.62. The van der Waals surface area contributed by atoms with Crippen LogP contribution in [0.25, 0.3) is 0 Å². The Morgan fingerprint density at radius 1 is 1.50 bits per heavy atom. The van der Waals surface area contributed by atoms with E-state index < -0.39 is 5.82 Å². The van der Waals surface area contributed by atoms with E-state index in [0.717, 1.165) is 5.76 Å². The van der Waals surface area contributed by atoms with Crippen molar-refractivity contribution in [2.24, 2.45) is 0 Å². The summed E-state index contributed by atoms with van der Waals surface area (Å²) < 4.78 is 18.9. The highest BCUT2D eigenvalue weighted by Crippen LogP contribution is 2.16. The van der Waals surface area contributed by atoms with Crippen molar-refractivity contribution in [3.63, 3.8) is 0 Å². The molecule has 0 saturated carbocycles. The molecule has 16 heavy (non-hydrogen) atoms. The summed E-state index contributed by atoms with van der Waals surface area (Å²) in [7, 11) is 0. The van der Waals surface area contributed by atoms with Gasteiger partial charge in [-0.25, -0.2) is 9.37 Å². The van der Waals surface area contributed by atoms with Crippen molar-refractivity contribution in [3.05, 3.63) is 40.1 Å². The van der Waals surface area contributed by atoms with Crippen molar-refractivity contribution in [3.8, 4) is 0 Å². The van der Waals surface area contributed by atoms with Crippen molar-refractivity contribution in [1.29, 1.82) is 0 Å². The highest BCUT2D eigenvalue weighted by atomic mass is 79.9. The lowest BCUT2D eigenvalue weighted by atomic mass is 10.3. The van der Waals surface area contributed by atoms with Crippen molar-refractivity contribution < 1.29 is 8.91 Å². The Morgan fingerprint density at radius 2 is 2.31 bits per heavy atom. The van der Waals surface area contributed by atoms with E-state index >= 15 is 0 Å². The SMILES string of the molecule is Cc1cc(CNc2ncc(Br)cc2F)no1. The van der Waals surface area contributed by atoms with Crippen LogP contribution in [0.2, 0.25) is 0 Å². The van der Waals surface area contributed by atoms with E-state index in [-0.39, 0.29) is 5.82 Å². The van der Waals surface area contributed by atoms with Crippen LogP contribution in [0.5, 0.6) is 0 Å². The van der Waals surface area contributed by atoms with Crippen LogP contribution < -0.4 is 5.32 Å². The number of anilines is 1. The van der Waals surface area contributed by atoms with Gasteiger partial charge in [0.05, 0.1) is 6.54 Å². The highest BCUT2D eigenvalue weighted by molar-refractivity contribution is 9.10. The number of aromatic nitrogens is 2. The van der Waals surface area contributed by atoms with Gasteiger partial charge in [0.2, 0.25) is 0 Å². The van der Waals surface area contributed by atoms with E-state index in [1.165, 1.54) is 12.3 Å². The standard InChI is InChI=1S/C10H9BrFN3O/c1-6-2-8(15-16-6)5-14-10-9(12)3-7(11)4-13-10/h2-4H,5H2,1H3,(H,13,14). The molecule has 1 N–H and O–H groups in total. The third-order valence-corrected chi connectivity index (χ3v) is 2.36. The Morgan fingerprint density at radius 3 is 2.94 bits per heavy atom. The summed E-state index contributed by atoms with van der Waals surface area (Å²) in [4.78, 5) is 3.91. The van der Waals surface area contributed by atoms with E-state index in [4.69, 9.17) is 4.52 Å². The zero-order valence-corrected chi connectivity index (χ0v) is 10.1. The third kappa shape index (κ3) is 2.57. The molecule has 0 fully saturated rings. The number of hydrogen-bond acceptors (Lipinski definition) is 4. The normalized spacial score (nSPS) is 10.4. The average Bonchev–Trinajstić information content (AvgIpc) is 2.63. The van der Waals surface area contributed by atoms with Gasteiger partial charge in [-0.05, 0) is 28.9 Å². The third-order valence-electron chi connectivity index (χ3n) is 1.92. The molecule has 0 bridgehead atoms.